The van der Waals surface area contributed by atoms with Gasteiger partial charge < -0.3 is 10.0 Å². The number of amides is 1. The van der Waals surface area contributed by atoms with Crippen LogP contribution in [0.1, 0.15) is 33.0 Å². The lowest BCUT2D eigenvalue weighted by Gasteiger charge is -2.30. The molecule has 0 aromatic carbocycles. The average Bonchev–Trinajstić information content (AvgIpc) is 2.57. The first-order chi connectivity index (χ1) is 7.58. The van der Waals surface area contributed by atoms with E-state index in [9.17, 15) is 9.90 Å². The molecule has 1 aromatic heterocycles. The summed E-state index contributed by atoms with van der Waals surface area (Å²) in [5.41, 5.74) is 0.802. The number of piperidine rings is 1. The van der Waals surface area contributed by atoms with Gasteiger partial charge in [-0.2, -0.15) is 0 Å². The Morgan fingerprint density at radius 3 is 2.88 bits per heavy atom. The van der Waals surface area contributed by atoms with Crippen LogP contribution < -0.4 is 0 Å². The molecule has 1 fully saturated rings. The number of aliphatic hydroxyl groups is 1. The van der Waals surface area contributed by atoms with Gasteiger partial charge in [-0.25, -0.2) is 0 Å². The van der Waals surface area contributed by atoms with Crippen LogP contribution in [0.2, 0.25) is 0 Å². The van der Waals surface area contributed by atoms with Gasteiger partial charge in [0.15, 0.2) is 0 Å². The van der Waals surface area contributed by atoms with Gasteiger partial charge in [0.25, 0.3) is 5.91 Å². The van der Waals surface area contributed by atoms with Gasteiger partial charge in [-0.3, -0.25) is 4.79 Å². The highest BCUT2D eigenvalue weighted by molar-refractivity contribution is 7.12. The Kier molecular flexibility index (Phi) is 3.30. The topological polar surface area (TPSA) is 40.5 Å². The van der Waals surface area contributed by atoms with Crippen LogP contribution in [0, 0.1) is 13.8 Å². The fourth-order valence-electron chi connectivity index (χ4n) is 2.15. The first kappa shape index (κ1) is 11.6. The van der Waals surface area contributed by atoms with Crippen LogP contribution in [0.15, 0.2) is 6.07 Å². The Balaban J connectivity index is 2.15. The van der Waals surface area contributed by atoms with Crippen LogP contribution in [-0.2, 0) is 0 Å². The molecule has 0 radical (unpaired) electrons. The molecule has 1 saturated heterocycles. The SMILES string of the molecule is Cc1cc(C(=O)N2CCCC(O)C2)c(C)s1. The molecule has 1 unspecified atom stereocenters. The van der Waals surface area contributed by atoms with Crippen LogP contribution in [0.5, 0.6) is 0 Å². The van der Waals surface area contributed by atoms with Gasteiger partial charge in [0.05, 0.1) is 11.7 Å². The molecule has 1 N–H and O–H groups in total. The number of rotatable bonds is 1. The Morgan fingerprint density at radius 2 is 2.31 bits per heavy atom. The molecular formula is C12H17NO2S. The Labute approximate surface area is 99.7 Å². The summed E-state index contributed by atoms with van der Waals surface area (Å²) in [5, 5.41) is 9.56. The molecule has 4 heteroatoms. The highest BCUT2D eigenvalue weighted by atomic mass is 32.1. The molecule has 1 aliphatic heterocycles. The summed E-state index contributed by atoms with van der Waals surface area (Å²) in [7, 11) is 0. The predicted molar refractivity (Wildman–Crippen MR) is 64.9 cm³/mol. The molecule has 1 aliphatic rings. The van der Waals surface area contributed by atoms with E-state index >= 15 is 0 Å². The van der Waals surface area contributed by atoms with E-state index < -0.39 is 0 Å². The first-order valence-corrected chi connectivity index (χ1v) is 6.44. The zero-order valence-corrected chi connectivity index (χ0v) is 10.5. The van der Waals surface area contributed by atoms with E-state index in [1.165, 1.54) is 4.88 Å². The van der Waals surface area contributed by atoms with Crippen LogP contribution in [-0.4, -0.2) is 35.1 Å². The summed E-state index contributed by atoms with van der Waals surface area (Å²) in [6.45, 7) is 5.24. The van der Waals surface area contributed by atoms with Crippen LogP contribution in [0.25, 0.3) is 0 Å². The Hall–Kier alpha value is -0.870. The third-order valence-corrected chi connectivity index (χ3v) is 3.92. The fraction of sp³-hybridized carbons (Fsp3) is 0.583. The van der Waals surface area contributed by atoms with E-state index in [1.54, 1.807) is 16.2 Å². The van der Waals surface area contributed by atoms with Crippen molar-refractivity contribution in [1.29, 1.82) is 0 Å². The molecule has 16 heavy (non-hydrogen) atoms. The van der Waals surface area contributed by atoms with Crippen LogP contribution >= 0.6 is 11.3 Å². The highest BCUT2D eigenvalue weighted by Gasteiger charge is 2.24. The number of β-amino-alcohol motifs (C(OH)–C–C–N with tert-alkyl or cyclic N) is 1. The maximum Gasteiger partial charge on any atom is 0.255 e. The number of aryl methyl sites for hydroxylation is 2. The highest BCUT2D eigenvalue weighted by Crippen LogP contribution is 2.23. The third-order valence-electron chi connectivity index (χ3n) is 2.96. The minimum atomic E-state index is -0.349. The zero-order chi connectivity index (χ0) is 11.7. The number of carbonyl (C=O) groups excluding carboxylic acids is 1. The maximum absolute atomic E-state index is 12.2. The van der Waals surface area contributed by atoms with Crippen molar-refractivity contribution < 1.29 is 9.90 Å². The first-order valence-electron chi connectivity index (χ1n) is 5.62. The van der Waals surface area contributed by atoms with Crippen molar-refractivity contribution in [2.45, 2.75) is 32.8 Å². The van der Waals surface area contributed by atoms with E-state index in [0.717, 1.165) is 29.8 Å². The molecule has 0 aliphatic carbocycles. The summed E-state index contributed by atoms with van der Waals surface area (Å²) in [6, 6.07) is 1.95. The number of likely N-dealkylation sites (tertiary alicyclic amines) is 1. The summed E-state index contributed by atoms with van der Waals surface area (Å²) < 4.78 is 0. The minimum absolute atomic E-state index is 0.0700. The lowest BCUT2D eigenvalue weighted by molar-refractivity contribution is 0.0473. The minimum Gasteiger partial charge on any atom is -0.391 e. The number of nitrogens with zero attached hydrogens (tertiary/aromatic N) is 1. The monoisotopic (exact) mass is 239 g/mol. The molecular weight excluding hydrogens is 222 g/mol. The van der Waals surface area contributed by atoms with E-state index in [-0.39, 0.29) is 12.0 Å². The van der Waals surface area contributed by atoms with E-state index in [0.29, 0.717) is 6.54 Å². The van der Waals surface area contributed by atoms with Crippen molar-refractivity contribution in [1.82, 2.24) is 4.90 Å². The quantitative estimate of drug-likeness (QED) is 0.814. The van der Waals surface area contributed by atoms with Gasteiger partial charge in [-0.05, 0) is 32.8 Å². The van der Waals surface area contributed by atoms with Gasteiger partial charge >= 0.3 is 0 Å². The van der Waals surface area contributed by atoms with Crippen molar-refractivity contribution in [2.75, 3.05) is 13.1 Å². The number of hydrogen-bond donors (Lipinski definition) is 1. The number of carbonyl (C=O) groups is 1. The second-order valence-corrected chi connectivity index (χ2v) is 5.83. The molecule has 1 aromatic rings. The van der Waals surface area contributed by atoms with E-state index in [2.05, 4.69) is 0 Å². The van der Waals surface area contributed by atoms with Gasteiger partial charge in [-0.15, -0.1) is 11.3 Å². The van der Waals surface area contributed by atoms with Crippen molar-refractivity contribution in [3.8, 4) is 0 Å². The number of thiophene rings is 1. The number of hydrogen-bond acceptors (Lipinski definition) is 3. The number of aliphatic hydroxyl groups excluding tert-OH is 1. The molecule has 0 saturated carbocycles. The van der Waals surface area contributed by atoms with Crippen LogP contribution in [0.4, 0.5) is 0 Å². The van der Waals surface area contributed by atoms with Gasteiger partial charge in [0.2, 0.25) is 0 Å². The lowest BCUT2D eigenvalue weighted by Crippen LogP contribution is -2.42. The van der Waals surface area contributed by atoms with Crippen molar-refractivity contribution >= 4 is 17.2 Å². The molecule has 3 nitrogen and oxygen atoms in total. The molecule has 2 rings (SSSR count). The predicted octanol–water partition coefficient (Wildman–Crippen LogP) is 1.96. The Morgan fingerprint density at radius 1 is 1.56 bits per heavy atom. The molecule has 1 amide bonds. The zero-order valence-electron chi connectivity index (χ0n) is 9.69. The molecule has 88 valence electrons. The molecule has 1 atom stereocenters. The van der Waals surface area contributed by atoms with Gasteiger partial charge in [0.1, 0.15) is 0 Å². The van der Waals surface area contributed by atoms with Gasteiger partial charge in [-0.1, -0.05) is 0 Å². The van der Waals surface area contributed by atoms with E-state index in [1.807, 2.05) is 19.9 Å². The normalized spacial score (nSPS) is 21.2. The largest absolute Gasteiger partial charge is 0.391 e. The Bertz CT molecular complexity index is 400. The van der Waals surface area contributed by atoms with Crippen LogP contribution in [0.3, 0.4) is 0 Å². The van der Waals surface area contributed by atoms with Crippen molar-refractivity contribution in [3.05, 3.63) is 21.4 Å². The second-order valence-electron chi connectivity index (χ2n) is 4.37. The molecule has 0 spiro atoms. The lowest BCUT2D eigenvalue weighted by atomic mass is 10.1. The van der Waals surface area contributed by atoms with Crippen molar-refractivity contribution in [2.24, 2.45) is 0 Å². The maximum atomic E-state index is 12.2. The fourth-order valence-corrected chi connectivity index (χ4v) is 3.07. The summed E-state index contributed by atoms with van der Waals surface area (Å²) in [4.78, 5) is 16.2. The van der Waals surface area contributed by atoms with E-state index in [4.69, 9.17) is 0 Å². The standard InChI is InChI=1S/C12H17NO2S/c1-8-6-11(9(2)16-8)12(15)13-5-3-4-10(14)7-13/h6,10,14H,3-5,7H2,1-2H3. The van der Waals surface area contributed by atoms with Crippen molar-refractivity contribution in [3.63, 3.8) is 0 Å². The molecule has 0 bridgehead atoms. The second kappa shape index (κ2) is 4.55. The summed E-state index contributed by atoms with van der Waals surface area (Å²) in [5.74, 6) is 0.0700. The average molecular weight is 239 g/mol. The summed E-state index contributed by atoms with van der Waals surface area (Å²) in [6.07, 6.45) is 1.36. The van der Waals surface area contributed by atoms with Gasteiger partial charge in [0, 0.05) is 22.8 Å². The third kappa shape index (κ3) is 2.28. The smallest absolute Gasteiger partial charge is 0.255 e. The molecule has 2 heterocycles. The summed E-state index contributed by atoms with van der Waals surface area (Å²) >= 11 is 1.65.